The summed E-state index contributed by atoms with van der Waals surface area (Å²) in [6.07, 6.45) is 2.76. The van der Waals surface area contributed by atoms with Gasteiger partial charge in [0.25, 0.3) is 0 Å². The summed E-state index contributed by atoms with van der Waals surface area (Å²) in [5, 5.41) is 0. The summed E-state index contributed by atoms with van der Waals surface area (Å²) in [6, 6.07) is 8.89. The number of nitrogens with two attached hydrogens (primary N) is 1. The minimum absolute atomic E-state index is 0.141. The molecular formula is C14H19N3S. The molecule has 4 heteroatoms. The van der Waals surface area contributed by atoms with Gasteiger partial charge in [-0.25, -0.2) is 0 Å². The molecule has 0 aliphatic carbocycles. The van der Waals surface area contributed by atoms with E-state index in [2.05, 4.69) is 48.5 Å². The van der Waals surface area contributed by atoms with Crippen molar-refractivity contribution in [2.75, 3.05) is 0 Å². The lowest BCUT2D eigenvalue weighted by Gasteiger charge is -2.14. The molecule has 0 bridgehead atoms. The highest BCUT2D eigenvalue weighted by Crippen LogP contribution is 2.22. The smallest absolute Gasteiger partial charge is 0.0794 e. The van der Waals surface area contributed by atoms with E-state index in [-0.39, 0.29) is 6.04 Å². The summed E-state index contributed by atoms with van der Waals surface area (Å²) in [5.41, 5.74) is 7.35. The van der Waals surface area contributed by atoms with E-state index < -0.39 is 0 Å². The van der Waals surface area contributed by atoms with Crippen molar-refractivity contribution in [1.82, 2.24) is 10.4 Å². The van der Waals surface area contributed by atoms with Gasteiger partial charge in [-0.1, -0.05) is 38.1 Å². The van der Waals surface area contributed by atoms with Gasteiger partial charge in [0.15, 0.2) is 0 Å². The molecule has 0 aliphatic heterocycles. The van der Waals surface area contributed by atoms with Gasteiger partial charge in [0, 0.05) is 11.1 Å². The Balaban J connectivity index is 2.08. The van der Waals surface area contributed by atoms with Gasteiger partial charge >= 0.3 is 0 Å². The topological polar surface area (TPSA) is 50.9 Å². The van der Waals surface area contributed by atoms with Crippen LogP contribution in [0.15, 0.2) is 36.0 Å². The highest BCUT2D eigenvalue weighted by Gasteiger charge is 2.12. The molecule has 2 rings (SSSR count). The standard InChI is InChI=1S/C14H19N3S/c1-10(2)12-5-3-11(4-6-12)7-13(17-15)14-8-16-9-18-14/h3-6,8-10,13,17H,7,15H2,1-2H3. The summed E-state index contributed by atoms with van der Waals surface area (Å²) in [6.45, 7) is 4.41. The second kappa shape index (κ2) is 6.09. The summed E-state index contributed by atoms with van der Waals surface area (Å²) in [5.74, 6) is 6.19. The van der Waals surface area contributed by atoms with E-state index in [1.54, 1.807) is 11.3 Å². The van der Waals surface area contributed by atoms with E-state index in [0.29, 0.717) is 5.92 Å². The number of benzene rings is 1. The van der Waals surface area contributed by atoms with Gasteiger partial charge in [0.1, 0.15) is 0 Å². The predicted octanol–water partition coefficient (Wildman–Crippen LogP) is 3.01. The van der Waals surface area contributed by atoms with Crippen molar-refractivity contribution in [3.8, 4) is 0 Å². The third kappa shape index (κ3) is 3.16. The summed E-state index contributed by atoms with van der Waals surface area (Å²) < 4.78 is 0. The Hall–Kier alpha value is -1.23. The minimum Gasteiger partial charge on any atom is -0.271 e. The molecule has 3 nitrogen and oxygen atoms in total. The van der Waals surface area contributed by atoms with E-state index in [9.17, 15) is 0 Å². The van der Waals surface area contributed by atoms with E-state index in [0.717, 1.165) is 6.42 Å². The number of nitrogens with zero attached hydrogens (tertiary/aromatic N) is 1. The van der Waals surface area contributed by atoms with Crippen LogP contribution in [0, 0.1) is 0 Å². The Morgan fingerprint density at radius 1 is 1.28 bits per heavy atom. The van der Waals surface area contributed by atoms with Gasteiger partial charge in [-0.3, -0.25) is 16.3 Å². The molecule has 1 heterocycles. The number of nitrogens with one attached hydrogen (secondary N) is 1. The van der Waals surface area contributed by atoms with E-state index in [4.69, 9.17) is 5.84 Å². The largest absolute Gasteiger partial charge is 0.271 e. The number of hydrogen-bond donors (Lipinski definition) is 2. The zero-order chi connectivity index (χ0) is 13.0. The SMILES string of the molecule is CC(C)c1ccc(CC(NN)c2cncs2)cc1. The molecule has 1 unspecified atom stereocenters. The third-order valence-corrected chi connectivity index (χ3v) is 3.97. The Labute approximate surface area is 112 Å². The number of rotatable bonds is 5. The zero-order valence-corrected chi connectivity index (χ0v) is 11.6. The first kappa shape index (κ1) is 13.2. The second-order valence-corrected chi connectivity index (χ2v) is 5.64. The van der Waals surface area contributed by atoms with Crippen LogP contribution in [0.4, 0.5) is 0 Å². The fourth-order valence-electron chi connectivity index (χ4n) is 1.91. The van der Waals surface area contributed by atoms with Gasteiger partial charge in [-0.2, -0.15) is 0 Å². The lowest BCUT2D eigenvalue weighted by atomic mass is 9.99. The van der Waals surface area contributed by atoms with Gasteiger partial charge in [0.2, 0.25) is 0 Å². The first-order chi connectivity index (χ1) is 8.70. The lowest BCUT2D eigenvalue weighted by Crippen LogP contribution is -2.28. The molecule has 0 fully saturated rings. The van der Waals surface area contributed by atoms with Crippen molar-refractivity contribution >= 4 is 11.3 Å². The summed E-state index contributed by atoms with van der Waals surface area (Å²) in [4.78, 5) is 5.26. The van der Waals surface area contributed by atoms with Crippen molar-refractivity contribution < 1.29 is 0 Å². The van der Waals surface area contributed by atoms with Crippen molar-refractivity contribution in [2.45, 2.75) is 32.2 Å². The molecule has 18 heavy (non-hydrogen) atoms. The maximum atomic E-state index is 5.62. The van der Waals surface area contributed by atoms with Gasteiger partial charge in [-0.15, -0.1) is 11.3 Å². The average molecular weight is 261 g/mol. The average Bonchev–Trinajstić information content (AvgIpc) is 2.90. The van der Waals surface area contributed by atoms with E-state index in [1.807, 2.05) is 11.7 Å². The molecule has 0 spiro atoms. The normalized spacial score (nSPS) is 12.9. The van der Waals surface area contributed by atoms with E-state index >= 15 is 0 Å². The summed E-state index contributed by atoms with van der Waals surface area (Å²) in [7, 11) is 0. The Morgan fingerprint density at radius 2 is 2.00 bits per heavy atom. The molecule has 0 amide bonds. The van der Waals surface area contributed by atoms with Crippen LogP contribution in [0.2, 0.25) is 0 Å². The maximum Gasteiger partial charge on any atom is 0.0794 e. The molecule has 0 radical (unpaired) electrons. The van der Waals surface area contributed by atoms with Crippen molar-refractivity contribution in [3.05, 3.63) is 52.0 Å². The highest BCUT2D eigenvalue weighted by atomic mass is 32.1. The fraction of sp³-hybridized carbons (Fsp3) is 0.357. The first-order valence-corrected chi connectivity index (χ1v) is 7.02. The predicted molar refractivity (Wildman–Crippen MR) is 76.4 cm³/mol. The van der Waals surface area contributed by atoms with Crippen LogP contribution in [0.1, 0.15) is 41.8 Å². The van der Waals surface area contributed by atoms with Crippen LogP contribution >= 0.6 is 11.3 Å². The van der Waals surface area contributed by atoms with Gasteiger partial charge < -0.3 is 0 Å². The van der Waals surface area contributed by atoms with Crippen LogP contribution in [-0.4, -0.2) is 4.98 Å². The number of thiazole rings is 1. The Morgan fingerprint density at radius 3 is 2.50 bits per heavy atom. The first-order valence-electron chi connectivity index (χ1n) is 6.14. The summed E-state index contributed by atoms with van der Waals surface area (Å²) >= 11 is 1.63. The van der Waals surface area contributed by atoms with Crippen LogP contribution in [0.3, 0.4) is 0 Å². The Kier molecular flexibility index (Phi) is 4.47. The van der Waals surface area contributed by atoms with Gasteiger partial charge in [0.05, 0.1) is 11.6 Å². The number of hydrazine groups is 1. The molecular weight excluding hydrogens is 242 g/mol. The molecule has 0 aliphatic rings. The highest BCUT2D eigenvalue weighted by molar-refractivity contribution is 7.09. The van der Waals surface area contributed by atoms with Gasteiger partial charge in [-0.05, 0) is 23.5 Å². The minimum atomic E-state index is 0.141. The molecule has 1 atom stereocenters. The van der Waals surface area contributed by atoms with Crippen molar-refractivity contribution in [2.24, 2.45) is 5.84 Å². The molecule has 1 aromatic carbocycles. The monoisotopic (exact) mass is 261 g/mol. The zero-order valence-electron chi connectivity index (χ0n) is 10.8. The molecule has 0 saturated heterocycles. The number of hydrogen-bond acceptors (Lipinski definition) is 4. The second-order valence-electron chi connectivity index (χ2n) is 4.72. The quantitative estimate of drug-likeness (QED) is 0.642. The Bertz CT molecular complexity index is 462. The molecule has 96 valence electrons. The lowest BCUT2D eigenvalue weighted by molar-refractivity contribution is 0.559. The molecule has 0 saturated carbocycles. The van der Waals surface area contributed by atoms with Crippen LogP contribution in [-0.2, 0) is 6.42 Å². The third-order valence-electron chi connectivity index (χ3n) is 3.08. The molecule has 2 aromatic rings. The van der Waals surface area contributed by atoms with E-state index in [1.165, 1.54) is 16.0 Å². The van der Waals surface area contributed by atoms with Crippen LogP contribution in [0.5, 0.6) is 0 Å². The molecule has 3 N–H and O–H groups in total. The fourth-order valence-corrected chi connectivity index (χ4v) is 2.59. The molecule has 1 aromatic heterocycles. The number of aromatic nitrogens is 1. The van der Waals surface area contributed by atoms with Crippen LogP contribution < -0.4 is 11.3 Å². The van der Waals surface area contributed by atoms with Crippen molar-refractivity contribution in [1.29, 1.82) is 0 Å². The maximum absolute atomic E-state index is 5.62. The van der Waals surface area contributed by atoms with Crippen LogP contribution in [0.25, 0.3) is 0 Å². The van der Waals surface area contributed by atoms with Crippen molar-refractivity contribution in [3.63, 3.8) is 0 Å².